The lowest BCUT2D eigenvalue weighted by Gasteiger charge is -2.12. The zero-order chi connectivity index (χ0) is 10.6. The second-order valence-electron chi connectivity index (χ2n) is 4.01. The predicted octanol–water partition coefficient (Wildman–Crippen LogP) is 2.63. The van der Waals surface area contributed by atoms with Crippen LogP contribution in [0.2, 0.25) is 0 Å². The maximum absolute atomic E-state index is 11.0. The Balaban J connectivity index is 2.70. The van der Waals surface area contributed by atoms with E-state index in [-0.39, 0.29) is 11.4 Å². The van der Waals surface area contributed by atoms with Crippen LogP contribution in [0.25, 0.3) is 0 Å². The maximum atomic E-state index is 11.0. The Labute approximate surface area is 85.0 Å². The molecular weight excluding hydrogens is 176 g/mol. The second-order valence-corrected chi connectivity index (χ2v) is 4.01. The lowest BCUT2D eigenvalue weighted by Crippen LogP contribution is -2.02. The Bertz CT molecular complexity index is 306. The van der Waals surface area contributed by atoms with Crippen molar-refractivity contribution in [3.8, 4) is 0 Å². The van der Waals surface area contributed by atoms with Crippen LogP contribution in [0.3, 0.4) is 0 Å². The standard InChI is InChI=1S/C12H16O2/c1-12(2)7-4-5-10(6-8-12)9-11(13)14-3/h4-8H,9H2,1-3H3. The average molecular weight is 192 g/mol. The smallest absolute Gasteiger partial charge is 0.309 e. The first kappa shape index (κ1) is 10.8. The van der Waals surface area contributed by atoms with E-state index in [0.29, 0.717) is 6.42 Å². The van der Waals surface area contributed by atoms with Gasteiger partial charge in [0.05, 0.1) is 13.5 Å². The maximum Gasteiger partial charge on any atom is 0.309 e. The Hall–Kier alpha value is -1.31. The Kier molecular flexibility index (Phi) is 3.28. The van der Waals surface area contributed by atoms with Crippen LogP contribution < -0.4 is 0 Å². The molecule has 0 N–H and O–H groups in total. The van der Waals surface area contributed by atoms with Gasteiger partial charge in [-0.15, -0.1) is 0 Å². The summed E-state index contributed by atoms with van der Waals surface area (Å²) in [6.07, 6.45) is 10.4. The van der Waals surface area contributed by atoms with Crippen molar-refractivity contribution in [1.29, 1.82) is 0 Å². The highest BCUT2D eigenvalue weighted by molar-refractivity contribution is 5.73. The van der Waals surface area contributed by atoms with Crippen molar-refractivity contribution in [3.63, 3.8) is 0 Å². The summed E-state index contributed by atoms with van der Waals surface area (Å²) >= 11 is 0. The van der Waals surface area contributed by atoms with E-state index in [9.17, 15) is 4.79 Å². The molecule has 0 spiro atoms. The third-order valence-corrected chi connectivity index (χ3v) is 2.14. The number of hydrogen-bond donors (Lipinski definition) is 0. The number of methoxy groups -OCH3 is 1. The molecule has 0 fully saturated rings. The van der Waals surface area contributed by atoms with Crippen LogP contribution in [-0.4, -0.2) is 13.1 Å². The van der Waals surface area contributed by atoms with Gasteiger partial charge in [-0.1, -0.05) is 44.2 Å². The van der Waals surface area contributed by atoms with E-state index >= 15 is 0 Å². The normalized spacial score (nSPS) is 18.6. The van der Waals surface area contributed by atoms with Crippen LogP contribution in [0, 0.1) is 5.41 Å². The first-order valence-corrected chi connectivity index (χ1v) is 4.68. The molecule has 2 heteroatoms. The molecule has 0 radical (unpaired) electrons. The molecule has 0 amide bonds. The molecule has 2 nitrogen and oxygen atoms in total. The van der Waals surface area contributed by atoms with Crippen molar-refractivity contribution in [1.82, 2.24) is 0 Å². The van der Waals surface area contributed by atoms with Crippen LogP contribution in [0.5, 0.6) is 0 Å². The quantitative estimate of drug-likeness (QED) is 0.629. The van der Waals surface area contributed by atoms with Gasteiger partial charge in [0.15, 0.2) is 0 Å². The van der Waals surface area contributed by atoms with Gasteiger partial charge >= 0.3 is 5.97 Å². The molecule has 0 aromatic heterocycles. The summed E-state index contributed by atoms with van der Waals surface area (Å²) in [5, 5.41) is 0. The molecule has 0 aromatic rings. The molecule has 1 rings (SSSR count). The zero-order valence-corrected chi connectivity index (χ0v) is 8.91. The SMILES string of the molecule is COC(=O)CC1=CC=CC(C)(C)C=C1. The van der Waals surface area contributed by atoms with Gasteiger partial charge < -0.3 is 4.74 Å². The predicted molar refractivity (Wildman–Crippen MR) is 56.8 cm³/mol. The fourth-order valence-electron chi connectivity index (χ4n) is 1.21. The van der Waals surface area contributed by atoms with E-state index in [2.05, 4.69) is 30.7 Å². The summed E-state index contributed by atoms with van der Waals surface area (Å²) in [5.74, 6) is -0.200. The van der Waals surface area contributed by atoms with Crippen molar-refractivity contribution in [2.75, 3.05) is 7.11 Å². The first-order chi connectivity index (χ1) is 6.53. The molecule has 0 aromatic carbocycles. The van der Waals surface area contributed by atoms with Gasteiger partial charge in [-0.05, 0) is 5.57 Å². The second kappa shape index (κ2) is 4.27. The minimum absolute atomic E-state index is 0.0639. The molecule has 0 saturated heterocycles. The molecule has 0 aliphatic heterocycles. The molecule has 76 valence electrons. The molecule has 1 aliphatic rings. The van der Waals surface area contributed by atoms with Crippen molar-refractivity contribution in [3.05, 3.63) is 36.0 Å². The van der Waals surface area contributed by atoms with Gasteiger partial charge in [0.1, 0.15) is 0 Å². The average Bonchev–Trinajstić information content (AvgIpc) is 2.28. The number of hydrogen-bond acceptors (Lipinski definition) is 2. The number of esters is 1. The van der Waals surface area contributed by atoms with Gasteiger partial charge in [-0.3, -0.25) is 4.79 Å². The summed E-state index contributed by atoms with van der Waals surface area (Å²) in [6, 6.07) is 0. The third-order valence-electron chi connectivity index (χ3n) is 2.14. The van der Waals surface area contributed by atoms with Crippen LogP contribution >= 0.6 is 0 Å². The van der Waals surface area contributed by atoms with E-state index in [1.165, 1.54) is 7.11 Å². The van der Waals surface area contributed by atoms with Gasteiger partial charge in [0.25, 0.3) is 0 Å². The van der Waals surface area contributed by atoms with Crippen LogP contribution in [0.4, 0.5) is 0 Å². The largest absolute Gasteiger partial charge is 0.469 e. The number of carbonyl (C=O) groups is 1. The van der Waals surface area contributed by atoms with Crippen LogP contribution in [0.1, 0.15) is 20.3 Å². The number of carbonyl (C=O) groups excluding carboxylic acids is 1. The number of ether oxygens (including phenoxy) is 1. The van der Waals surface area contributed by atoms with Gasteiger partial charge in [-0.25, -0.2) is 0 Å². The van der Waals surface area contributed by atoms with E-state index in [1.54, 1.807) is 0 Å². The summed E-state index contributed by atoms with van der Waals surface area (Å²) in [6.45, 7) is 4.24. The first-order valence-electron chi connectivity index (χ1n) is 4.68. The van der Waals surface area contributed by atoms with Crippen molar-refractivity contribution < 1.29 is 9.53 Å². The Morgan fingerprint density at radius 2 is 2.14 bits per heavy atom. The van der Waals surface area contributed by atoms with Gasteiger partial charge in [0, 0.05) is 5.41 Å². The minimum Gasteiger partial charge on any atom is -0.469 e. The zero-order valence-electron chi connectivity index (χ0n) is 8.91. The van der Waals surface area contributed by atoms with E-state index in [1.807, 2.05) is 18.2 Å². The summed E-state index contributed by atoms with van der Waals surface area (Å²) in [7, 11) is 1.41. The molecule has 0 heterocycles. The van der Waals surface area contributed by atoms with E-state index in [4.69, 9.17) is 0 Å². The monoisotopic (exact) mass is 192 g/mol. The highest BCUT2D eigenvalue weighted by Crippen LogP contribution is 2.23. The van der Waals surface area contributed by atoms with Crippen molar-refractivity contribution in [2.24, 2.45) is 5.41 Å². The molecule has 1 aliphatic carbocycles. The highest BCUT2D eigenvalue weighted by atomic mass is 16.5. The number of allylic oxidation sites excluding steroid dienone is 5. The van der Waals surface area contributed by atoms with Crippen LogP contribution in [-0.2, 0) is 9.53 Å². The fourth-order valence-corrected chi connectivity index (χ4v) is 1.21. The van der Waals surface area contributed by atoms with E-state index < -0.39 is 0 Å². The van der Waals surface area contributed by atoms with Crippen molar-refractivity contribution in [2.45, 2.75) is 20.3 Å². The lowest BCUT2D eigenvalue weighted by molar-refractivity contribution is -0.139. The van der Waals surface area contributed by atoms with Gasteiger partial charge in [0.2, 0.25) is 0 Å². The molecule has 0 unspecified atom stereocenters. The molecule has 0 atom stereocenters. The van der Waals surface area contributed by atoms with Crippen molar-refractivity contribution >= 4 is 5.97 Å². The number of rotatable bonds is 2. The minimum atomic E-state index is -0.200. The Morgan fingerprint density at radius 1 is 1.43 bits per heavy atom. The molecular formula is C12H16O2. The lowest BCUT2D eigenvalue weighted by atomic mass is 9.93. The fraction of sp³-hybridized carbons (Fsp3) is 0.417. The van der Waals surface area contributed by atoms with Crippen LogP contribution in [0.15, 0.2) is 36.0 Å². The van der Waals surface area contributed by atoms with Gasteiger partial charge in [-0.2, -0.15) is 0 Å². The van der Waals surface area contributed by atoms with E-state index in [0.717, 1.165) is 5.57 Å². The molecule has 14 heavy (non-hydrogen) atoms. The Morgan fingerprint density at radius 3 is 2.79 bits per heavy atom. The molecule has 0 bridgehead atoms. The third kappa shape index (κ3) is 3.21. The summed E-state index contributed by atoms with van der Waals surface area (Å²) < 4.78 is 4.61. The topological polar surface area (TPSA) is 26.3 Å². The summed E-state index contributed by atoms with van der Waals surface area (Å²) in [5.41, 5.74) is 1.05. The summed E-state index contributed by atoms with van der Waals surface area (Å²) in [4.78, 5) is 11.0. The molecule has 0 saturated carbocycles. The highest BCUT2D eigenvalue weighted by Gasteiger charge is 2.11.